The van der Waals surface area contributed by atoms with Gasteiger partial charge in [0.1, 0.15) is 17.4 Å². The molecule has 1 aromatic rings. The van der Waals surface area contributed by atoms with Crippen molar-refractivity contribution in [3.05, 3.63) is 33.9 Å². The molecular weight excluding hydrogens is 238 g/mol. The molecule has 1 N–H and O–H groups in total. The molecular formula is C12H13NO5. The van der Waals surface area contributed by atoms with Gasteiger partial charge in [0, 0.05) is 13.2 Å². The van der Waals surface area contributed by atoms with Crippen LogP contribution in [0.5, 0.6) is 5.75 Å². The summed E-state index contributed by atoms with van der Waals surface area (Å²) in [6.07, 6.45) is -0.875. The molecule has 0 saturated carbocycles. The molecule has 0 spiro atoms. The Morgan fingerprint density at radius 1 is 1.56 bits per heavy atom. The monoisotopic (exact) mass is 251 g/mol. The van der Waals surface area contributed by atoms with Gasteiger partial charge in [0.25, 0.3) is 5.69 Å². The van der Waals surface area contributed by atoms with Crippen LogP contribution in [0.4, 0.5) is 5.69 Å². The molecule has 6 nitrogen and oxygen atoms in total. The van der Waals surface area contributed by atoms with E-state index in [1.165, 1.54) is 26.2 Å². The van der Waals surface area contributed by atoms with Crippen molar-refractivity contribution >= 4 is 5.69 Å². The van der Waals surface area contributed by atoms with Gasteiger partial charge in [-0.05, 0) is 13.0 Å². The zero-order valence-electron chi connectivity index (χ0n) is 10.0. The summed E-state index contributed by atoms with van der Waals surface area (Å²) in [6, 6.07) is 4.38. The van der Waals surface area contributed by atoms with E-state index in [9.17, 15) is 10.1 Å². The Labute approximate surface area is 104 Å². The van der Waals surface area contributed by atoms with Gasteiger partial charge >= 0.3 is 0 Å². The van der Waals surface area contributed by atoms with Crippen LogP contribution in [0.25, 0.3) is 0 Å². The summed E-state index contributed by atoms with van der Waals surface area (Å²) in [4.78, 5) is 10.3. The fraction of sp³-hybridized carbons (Fsp3) is 0.333. The fourth-order valence-corrected chi connectivity index (χ4v) is 1.22. The van der Waals surface area contributed by atoms with Crippen molar-refractivity contribution in [1.29, 1.82) is 0 Å². The first-order chi connectivity index (χ1) is 8.56. The minimum Gasteiger partial charge on any atom is -0.466 e. The number of hydrogen-bond donors (Lipinski definition) is 1. The van der Waals surface area contributed by atoms with E-state index in [2.05, 4.69) is 11.8 Å². The normalized spacial score (nSPS) is 11.3. The summed E-state index contributed by atoms with van der Waals surface area (Å²) in [5.41, 5.74) is -0.0443. The van der Waals surface area contributed by atoms with Gasteiger partial charge in [-0.15, -0.1) is 0 Å². The molecule has 96 valence electrons. The van der Waals surface area contributed by atoms with Crippen molar-refractivity contribution in [2.75, 3.05) is 13.9 Å². The highest BCUT2D eigenvalue weighted by Crippen LogP contribution is 2.27. The number of benzene rings is 1. The van der Waals surface area contributed by atoms with Crippen LogP contribution < -0.4 is 4.74 Å². The smallest absolute Gasteiger partial charge is 0.288 e. The van der Waals surface area contributed by atoms with Crippen LogP contribution in [-0.2, 0) is 4.74 Å². The Kier molecular flexibility index (Phi) is 5.11. The predicted molar refractivity (Wildman–Crippen MR) is 64.2 cm³/mol. The summed E-state index contributed by atoms with van der Waals surface area (Å²) >= 11 is 0. The predicted octanol–water partition coefficient (Wildman–Crippen LogP) is 1.31. The van der Waals surface area contributed by atoms with Crippen molar-refractivity contribution in [2.45, 2.75) is 13.0 Å². The molecule has 0 radical (unpaired) electrons. The summed E-state index contributed by atoms with van der Waals surface area (Å²) in [7, 11) is 1.44. The number of aliphatic hydroxyl groups excluding tert-OH is 1. The molecule has 1 rings (SSSR count). The SMILES string of the molecule is COCOc1cccc([N+](=O)[O-])c1C#CC(C)O. The van der Waals surface area contributed by atoms with Gasteiger partial charge in [0.2, 0.25) is 0 Å². The van der Waals surface area contributed by atoms with Crippen LogP contribution in [-0.4, -0.2) is 30.0 Å². The second kappa shape index (κ2) is 6.59. The lowest BCUT2D eigenvalue weighted by Crippen LogP contribution is -2.03. The quantitative estimate of drug-likeness (QED) is 0.377. The van der Waals surface area contributed by atoms with Crippen LogP contribution >= 0.6 is 0 Å². The van der Waals surface area contributed by atoms with E-state index in [0.717, 1.165) is 0 Å². The van der Waals surface area contributed by atoms with Crippen molar-refractivity contribution < 1.29 is 19.5 Å². The van der Waals surface area contributed by atoms with Crippen LogP contribution in [0.15, 0.2) is 18.2 Å². The molecule has 0 amide bonds. The van der Waals surface area contributed by atoms with Crippen LogP contribution in [0, 0.1) is 22.0 Å². The average molecular weight is 251 g/mol. The summed E-state index contributed by atoms with van der Waals surface area (Å²) in [5.74, 6) is 5.25. The molecule has 0 aliphatic carbocycles. The summed E-state index contributed by atoms with van der Waals surface area (Å²) in [5, 5.41) is 20.0. The van der Waals surface area contributed by atoms with Gasteiger partial charge in [0.05, 0.1) is 4.92 Å². The van der Waals surface area contributed by atoms with Gasteiger partial charge in [-0.25, -0.2) is 0 Å². The lowest BCUT2D eigenvalue weighted by molar-refractivity contribution is -0.385. The van der Waals surface area contributed by atoms with Gasteiger partial charge in [-0.1, -0.05) is 17.9 Å². The molecule has 0 saturated heterocycles. The number of methoxy groups -OCH3 is 1. The lowest BCUT2D eigenvalue weighted by Gasteiger charge is -2.07. The van der Waals surface area contributed by atoms with E-state index in [1.807, 2.05) is 0 Å². The first-order valence-corrected chi connectivity index (χ1v) is 5.15. The van der Waals surface area contributed by atoms with Crippen molar-refractivity contribution in [3.63, 3.8) is 0 Å². The maximum absolute atomic E-state index is 10.9. The Morgan fingerprint density at radius 3 is 2.83 bits per heavy atom. The molecule has 1 unspecified atom stereocenters. The number of rotatable bonds is 4. The van der Waals surface area contributed by atoms with E-state index < -0.39 is 11.0 Å². The highest BCUT2D eigenvalue weighted by Gasteiger charge is 2.16. The first-order valence-electron chi connectivity index (χ1n) is 5.15. The Morgan fingerprint density at radius 2 is 2.28 bits per heavy atom. The van der Waals surface area contributed by atoms with Crippen LogP contribution in [0.1, 0.15) is 12.5 Å². The van der Waals surface area contributed by atoms with E-state index in [1.54, 1.807) is 6.07 Å². The third-order valence-corrected chi connectivity index (χ3v) is 1.94. The first kappa shape index (κ1) is 14.0. The number of ether oxygens (including phenoxy) is 2. The van der Waals surface area contributed by atoms with Crippen molar-refractivity contribution in [3.8, 4) is 17.6 Å². The second-order valence-electron chi connectivity index (χ2n) is 3.40. The molecule has 1 atom stereocenters. The van der Waals surface area contributed by atoms with Crippen molar-refractivity contribution in [1.82, 2.24) is 0 Å². The molecule has 6 heteroatoms. The molecule has 0 heterocycles. The molecule has 0 fully saturated rings. The van der Waals surface area contributed by atoms with E-state index in [-0.39, 0.29) is 23.8 Å². The van der Waals surface area contributed by atoms with Gasteiger partial charge in [-0.2, -0.15) is 0 Å². The molecule has 0 aromatic heterocycles. The lowest BCUT2D eigenvalue weighted by atomic mass is 10.1. The molecule has 0 aliphatic heterocycles. The maximum Gasteiger partial charge on any atom is 0.288 e. The molecule has 0 aliphatic rings. The number of aliphatic hydroxyl groups is 1. The van der Waals surface area contributed by atoms with Crippen LogP contribution in [0.2, 0.25) is 0 Å². The minimum absolute atomic E-state index is 0.0372. The minimum atomic E-state index is -0.875. The molecule has 18 heavy (non-hydrogen) atoms. The van der Waals surface area contributed by atoms with E-state index >= 15 is 0 Å². The standard InChI is InChI=1S/C12H13NO5/c1-9(14)6-7-10-11(13(15)16)4-3-5-12(10)18-8-17-2/h3-5,9,14H,8H2,1-2H3. The highest BCUT2D eigenvalue weighted by molar-refractivity contribution is 5.59. The zero-order valence-corrected chi connectivity index (χ0v) is 10.0. The van der Waals surface area contributed by atoms with E-state index in [4.69, 9.17) is 14.6 Å². The second-order valence-corrected chi connectivity index (χ2v) is 3.40. The van der Waals surface area contributed by atoms with E-state index in [0.29, 0.717) is 0 Å². The molecule has 0 bridgehead atoms. The highest BCUT2D eigenvalue weighted by atomic mass is 16.7. The maximum atomic E-state index is 10.9. The number of hydrogen-bond acceptors (Lipinski definition) is 5. The van der Waals surface area contributed by atoms with Crippen molar-refractivity contribution in [2.24, 2.45) is 0 Å². The van der Waals surface area contributed by atoms with Crippen LogP contribution in [0.3, 0.4) is 0 Å². The fourth-order valence-electron chi connectivity index (χ4n) is 1.22. The third-order valence-electron chi connectivity index (χ3n) is 1.94. The largest absolute Gasteiger partial charge is 0.466 e. The van der Waals surface area contributed by atoms with Gasteiger partial charge in [-0.3, -0.25) is 10.1 Å². The van der Waals surface area contributed by atoms with Gasteiger partial charge in [0.15, 0.2) is 6.79 Å². The topological polar surface area (TPSA) is 81.8 Å². The summed E-state index contributed by atoms with van der Waals surface area (Å²) in [6.45, 7) is 1.43. The number of nitro groups is 1. The number of nitro benzene ring substituents is 1. The molecule has 1 aromatic carbocycles. The Balaban J connectivity index is 3.22. The Bertz CT molecular complexity index is 487. The van der Waals surface area contributed by atoms with Gasteiger partial charge < -0.3 is 14.6 Å². The Hall–Kier alpha value is -2.10. The zero-order chi connectivity index (χ0) is 13.5. The third kappa shape index (κ3) is 3.73. The average Bonchev–Trinajstić information content (AvgIpc) is 2.33. The number of nitrogens with zero attached hydrogens (tertiary/aromatic N) is 1. The summed E-state index contributed by atoms with van der Waals surface area (Å²) < 4.78 is 9.94.